The second-order valence-corrected chi connectivity index (χ2v) is 8.97. The molecule has 2 aromatic rings. The SMILES string of the molecule is COc1c(Br)cc(Br)cc1C(=O)Nc1sc2c(c1C#N)CC[C@H](C)C2. The highest BCUT2D eigenvalue weighted by Crippen LogP contribution is 2.40. The van der Waals surface area contributed by atoms with Gasteiger partial charge >= 0.3 is 0 Å². The van der Waals surface area contributed by atoms with Crippen LogP contribution in [0.1, 0.15) is 39.7 Å². The Morgan fingerprint density at radius 2 is 2.20 bits per heavy atom. The zero-order valence-electron chi connectivity index (χ0n) is 13.8. The molecule has 0 unspecified atom stereocenters. The number of hydrogen-bond donors (Lipinski definition) is 1. The molecule has 4 nitrogen and oxygen atoms in total. The molecule has 1 aromatic carbocycles. The summed E-state index contributed by atoms with van der Waals surface area (Å²) in [4.78, 5) is 14.0. The Hall–Kier alpha value is -1.36. The minimum Gasteiger partial charge on any atom is -0.495 e. The van der Waals surface area contributed by atoms with Gasteiger partial charge in [0.15, 0.2) is 0 Å². The first-order valence-corrected chi connectivity index (χ1v) is 10.2. The summed E-state index contributed by atoms with van der Waals surface area (Å²) >= 11 is 8.32. The summed E-state index contributed by atoms with van der Waals surface area (Å²) in [5.41, 5.74) is 2.11. The van der Waals surface area contributed by atoms with Crippen molar-refractivity contribution in [2.24, 2.45) is 5.92 Å². The molecule has 0 spiro atoms. The average molecular weight is 484 g/mol. The molecule has 1 N–H and O–H groups in total. The molecule has 1 aliphatic carbocycles. The lowest BCUT2D eigenvalue weighted by Gasteiger charge is -2.17. The van der Waals surface area contributed by atoms with E-state index in [0.717, 1.165) is 29.3 Å². The first-order chi connectivity index (χ1) is 11.9. The fraction of sp³-hybridized carbons (Fsp3) is 0.333. The summed E-state index contributed by atoms with van der Waals surface area (Å²) in [6, 6.07) is 5.80. The lowest BCUT2D eigenvalue weighted by Crippen LogP contribution is -2.13. The number of benzene rings is 1. The lowest BCUT2D eigenvalue weighted by molar-refractivity contribution is 0.102. The smallest absolute Gasteiger partial charge is 0.260 e. The summed E-state index contributed by atoms with van der Waals surface area (Å²) in [5, 5.41) is 13.1. The fourth-order valence-corrected chi connectivity index (χ4v) is 5.81. The van der Waals surface area contributed by atoms with Crippen molar-refractivity contribution >= 4 is 54.1 Å². The number of amides is 1. The Morgan fingerprint density at radius 3 is 2.88 bits per heavy atom. The van der Waals surface area contributed by atoms with Crippen molar-refractivity contribution in [1.82, 2.24) is 0 Å². The number of anilines is 1. The van der Waals surface area contributed by atoms with Gasteiger partial charge in [-0.3, -0.25) is 4.79 Å². The number of nitriles is 1. The van der Waals surface area contributed by atoms with Crippen molar-refractivity contribution in [2.45, 2.75) is 26.2 Å². The second kappa shape index (κ2) is 7.48. The zero-order chi connectivity index (χ0) is 18.1. The Labute approximate surface area is 167 Å². The second-order valence-electron chi connectivity index (χ2n) is 6.09. The van der Waals surface area contributed by atoms with Gasteiger partial charge in [-0.15, -0.1) is 11.3 Å². The highest BCUT2D eigenvalue weighted by atomic mass is 79.9. The predicted octanol–water partition coefficient (Wildman–Crippen LogP) is 5.53. The van der Waals surface area contributed by atoms with Crippen molar-refractivity contribution in [3.8, 4) is 11.8 Å². The Kier molecular flexibility index (Phi) is 5.52. The van der Waals surface area contributed by atoms with Gasteiger partial charge in [-0.2, -0.15) is 5.26 Å². The van der Waals surface area contributed by atoms with E-state index < -0.39 is 0 Å². The molecule has 0 fully saturated rings. The van der Waals surface area contributed by atoms with Gasteiger partial charge in [0.2, 0.25) is 0 Å². The Balaban J connectivity index is 1.96. The number of hydrogen-bond acceptors (Lipinski definition) is 4. The molecule has 1 amide bonds. The largest absolute Gasteiger partial charge is 0.495 e. The third-order valence-corrected chi connectivity index (χ3v) is 6.52. The maximum Gasteiger partial charge on any atom is 0.260 e. The number of thiophene rings is 1. The molecule has 3 rings (SSSR count). The molecule has 1 heterocycles. The van der Waals surface area contributed by atoms with Crippen LogP contribution in [0.3, 0.4) is 0 Å². The highest BCUT2D eigenvalue weighted by molar-refractivity contribution is 9.11. The molecule has 0 saturated heterocycles. The fourth-order valence-electron chi connectivity index (χ4n) is 3.06. The summed E-state index contributed by atoms with van der Waals surface area (Å²) in [7, 11) is 1.52. The van der Waals surface area contributed by atoms with Crippen LogP contribution in [0.4, 0.5) is 5.00 Å². The van der Waals surface area contributed by atoms with Gasteiger partial charge in [0, 0.05) is 9.35 Å². The lowest BCUT2D eigenvalue weighted by atomic mass is 9.88. The van der Waals surface area contributed by atoms with Gasteiger partial charge in [0.1, 0.15) is 16.8 Å². The van der Waals surface area contributed by atoms with Crippen LogP contribution >= 0.6 is 43.2 Å². The van der Waals surface area contributed by atoms with Gasteiger partial charge in [0.05, 0.1) is 22.7 Å². The molecule has 1 atom stereocenters. The topological polar surface area (TPSA) is 62.1 Å². The number of nitrogens with one attached hydrogen (secondary N) is 1. The van der Waals surface area contributed by atoms with Crippen LogP contribution in [0.15, 0.2) is 21.1 Å². The van der Waals surface area contributed by atoms with Crippen molar-refractivity contribution in [1.29, 1.82) is 5.26 Å². The third-order valence-electron chi connectivity index (χ3n) is 4.31. The van der Waals surface area contributed by atoms with E-state index in [0.29, 0.717) is 32.3 Å². The van der Waals surface area contributed by atoms with Crippen LogP contribution in [0.5, 0.6) is 5.75 Å². The van der Waals surface area contributed by atoms with E-state index in [9.17, 15) is 10.1 Å². The van der Waals surface area contributed by atoms with Gasteiger partial charge in [-0.05, 0) is 58.8 Å². The molecule has 130 valence electrons. The van der Waals surface area contributed by atoms with E-state index in [4.69, 9.17) is 4.74 Å². The molecular weight excluding hydrogens is 468 g/mol. The Morgan fingerprint density at radius 1 is 1.44 bits per heavy atom. The van der Waals surface area contributed by atoms with Gasteiger partial charge in [-0.1, -0.05) is 22.9 Å². The number of halogens is 2. The first-order valence-electron chi connectivity index (χ1n) is 7.83. The number of carbonyl (C=O) groups excluding carboxylic acids is 1. The van der Waals surface area contributed by atoms with Crippen LogP contribution in [0, 0.1) is 17.2 Å². The van der Waals surface area contributed by atoms with E-state index in [-0.39, 0.29) is 5.91 Å². The molecule has 25 heavy (non-hydrogen) atoms. The average Bonchev–Trinajstić information content (AvgIpc) is 2.89. The number of carbonyl (C=O) groups is 1. The molecule has 0 bridgehead atoms. The molecule has 1 aromatic heterocycles. The van der Waals surface area contributed by atoms with Gasteiger partial charge in [0.25, 0.3) is 5.91 Å². The molecule has 1 aliphatic rings. The van der Waals surface area contributed by atoms with E-state index >= 15 is 0 Å². The third kappa shape index (κ3) is 3.62. The van der Waals surface area contributed by atoms with Gasteiger partial charge in [-0.25, -0.2) is 0 Å². The summed E-state index contributed by atoms with van der Waals surface area (Å²) in [6.07, 6.45) is 2.95. The van der Waals surface area contributed by atoms with Crippen molar-refractivity contribution in [3.63, 3.8) is 0 Å². The van der Waals surface area contributed by atoms with Crippen LogP contribution in [0.25, 0.3) is 0 Å². The number of fused-ring (bicyclic) bond motifs is 1. The number of methoxy groups -OCH3 is 1. The monoisotopic (exact) mass is 482 g/mol. The quantitative estimate of drug-likeness (QED) is 0.624. The van der Waals surface area contributed by atoms with E-state index in [1.807, 2.05) is 6.07 Å². The predicted molar refractivity (Wildman–Crippen MR) is 107 cm³/mol. The molecule has 0 aliphatic heterocycles. The summed E-state index contributed by atoms with van der Waals surface area (Å²) < 4.78 is 6.81. The normalized spacial score (nSPS) is 16.0. The van der Waals surface area contributed by atoms with Crippen LogP contribution in [-0.4, -0.2) is 13.0 Å². The summed E-state index contributed by atoms with van der Waals surface area (Å²) in [5.74, 6) is 0.790. The number of ether oxygens (including phenoxy) is 1. The molecule has 7 heteroatoms. The van der Waals surface area contributed by atoms with Crippen LogP contribution in [-0.2, 0) is 12.8 Å². The minimum atomic E-state index is -0.290. The minimum absolute atomic E-state index is 0.290. The van der Waals surface area contributed by atoms with Crippen molar-refractivity contribution < 1.29 is 9.53 Å². The zero-order valence-corrected chi connectivity index (χ0v) is 17.8. The standard InChI is InChI=1S/C18H16Br2N2O2S/c1-9-3-4-11-13(8-21)18(25-15(11)5-9)22-17(23)12-6-10(19)7-14(20)16(12)24-2/h6-7,9H,3-5H2,1-2H3,(H,22,23)/t9-/m0/s1. The summed E-state index contributed by atoms with van der Waals surface area (Å²) in [6.45, 7) is 2.22. The molecular formula is C18H16Br2N2O2S. The molecule has 0 radical (unpaired) electrons. The molecule has 0 saturated carbocycles. The number of nitrogens with zero attached hydrogens (tertiary/aromatic N) is 1. The van der Waals surface area contributed by atoms with E-state index in [1.165, 1.54) is 23.3 Å². The highest BCUT2D eigenvalue weighted by Gasteiger charge is 2.25. The van der Waals surface area contributed by atoms with Crippen LogP contribution < -0.4 is 10.1 Å². The van der Waals surface area contributed by atoms with Gasteiger partial charge < -0.3 is 10.1 Å². The maximum atomic E-state index is 12.8. The van der Waals surface area contributed by atoms with Crippen LogP contribution in [0.2, 0.25) is 0 Å². The first kappa shape index (κ1) is 18.4. The Bertz CT molecular complexity index is 886. The maximum absolute atomic E-state index is 12.8. The number of rotatable bonds is 3. The van der Waals surface area contributed by atoms with Crippen molar-refractivity contribution in [2.75, 3.05) is 12.4 Å². The van der Waals surface area contributed by atoms with Crippen molar-refractivity contribution in [3.05, 3.63) is 42.6 Å². The van der Waals surface area contributed by atoms with E-state index in [2.05, 4.69) is 50.2 Å². The van der Waals surface area contributed by atoms with E-state index in [1.54, 1.807) is 6.07 Å².